The van der Waals surface area contributed by atoms with E-state index in [9.17, 15) is 14.4 Å². The number of halogens is 3. The molecule has 2 atom stereocenters. The Hall–Kier alpha value is -0.520. The zero-order chi connectivity index (χ0) is 13.9. The van der Waals surface area contributed by atoms with Crippen LogP contribution in [0.1, 0.15) is 12.8 Å². The second-order valence-corrected chi connectivity index (χ2v) is 6.35. The minimum Gasteiger partial charge on any atom is -0.469 e. The van der Waals surface area contributed by atoms with Crippen molar-refractivity contribution in [1.29, 1.82) is 0 Å². The van der Waals surface area contributed by atoms with Crippen LogP contribution in [0.15, 0.2) is 0 Å². The van der Waals surface area contributed by atoms with Gasteiger partial charge in [-0.2, -0.15) is 0 Å². The summed E-state index contributed by atoms with van der Waals surface area (Å²) in [5.41, 5.74) is 0. The van der Waals surface area contributed by atoms with Crippen LogP contribution in [0.4, 0.5) is 0 Å². The molecule has 1 aliphatic carbocycles. The van der Waals surface area contributed by atoms with Crippen molar-refractivity contribution in [3.8, 4) is 0 Å². The summed E-state index contributed by atoms with van der Waals surface area (Å²) in [5, 5.41) is 0. The molecule has 0 aromatic carbocycles. The standard InChI is InChI=1S/C10H11Cl3O5/c1-17-8(15)5-2-3-6(14)7(5)9(16)18-4-10(11,12)13/h5,7H,2-4H2,1H3/t5-,7+/m0/s1. The van der Waals surface area contributed by atoms with Crippen molar-refractivity contribution in [2.45, 2.75) is 16.6 Å². The summed E-state index contributed by atoms with van der Waals surface area (Å²) in [6, 6.07) is 0. The highest BCUT2D eigenvalue weighted by molar-refractivity contribution is 6.67. The van der Waals surface area contributed by atoms with Gasteiger partial charge in [-0.05, 0) is 6.42 Å². The maximum Gasteiger partial charge on any atom is 0.317 e. The Labute approximate surface area is 119 Å². The van der Waals surface area contributed by atoms with Gasteiger partial charge in [0.1, 0.15) is 18.3 Å². The molecule has 0 bridgehead atoms. The predicted octanol–water partition coefficient (Wildman–Crippen LogP) is 1.67. The van der Waals surface area contributed by atoms with Crippen molar-refractivity contribution in [3.63, 3.8) is 0 Å². The molecular formula is C10H11Cl3O5. The Bertz CT molecular complexity index is 363. The van der Waals surface area contributed by atoms with Crippen molar-refractivity contribution in [2.24, 2.45) is 11.8 Å². The van der Waals surface area contributed by atoms with E-state index in [1.807, 2.05) is 0 Å². The van der Waals surface area contributed by atoms with Crippen LogP contribution in [-0.4, -0.2) is 35.2 Å². The van der Waals surface area contributed by atoms with E-state index in [1.54, 1.807) is 0 Å². The molecule has 0 unspecified atom stereocenters. The molecular weight excluding hydrogens is 306 g/mol. The highest BCUT2D eigenvalue weighted by Gasteiger charge is 2.46. The predicted molar refractivity (Wildman–Crippen MR) is 64.5 cm³/mol. The number of carbonyl (C=O) groups is 3. The van der Waals surface area contributed by atoms with Gasteiger partial charge in [0.2, 0.25) is 3.79 Å². The van der Waals surface area contributed by atoms with Crippen LogP contribution in [0.2, 0.25) is 0 Å². The number of hydrogen-bond donors (Lipinski definition) is 0. The molecule has 0 spiro atoms. The number of alkyl halides is 3. The molecule has 0 aromatic rings. The van der Waals surface area contributed by atoms with E-state index in [0.29, 0.717) is 0 Å². The van der Waals surface area contributed by atoms with E-state index in [4.69, 9.17) is 39.5 Å². The van der Waals surface area contributed by atoms with Crippen molar-refractivity contribution in [3.05, 3.63) is 0 Å². The van der Waals surface area contributed by atoms with Crippen LogP contribution < -0.4 is 0 Å². The molecule has 0 N–H and O–H groups in total. The van der Waals surface area contributed by atoms with Crippen LogP contribution in [0, 0.1) is 11.8 Å². The summed E-state index contributed by atoms with van der Waals surface area (Å²) in [7, 11) is 1.19. The molecule has 1 rings (SSSR count). The number of rotatable bonds is 3. The first kappa shape index (κ1) is 15.5. The summed E-state index contributed by atoms with van der Waals surface area (Å²) in [4.78, 5) is 34.7. The smallest absolute Gasteiger partial charge is 0.317 e. The first-order chi connectivity index (χ1) is 8.26. The topological polar surface area (TPSA) is 69.7 Å². The van der Waals surface area contributed by atoms with Gasteiger partial charge in [0.05, 0.1) is 13.0 Å². The molecule has 102 valence electrons. The highest BCUT2D eigenvalue weighted by Crippen LogP contribution is 2.32. The van der Waals surface area contributed by atoms with Gasteiger partial charge in [0, 0.05) is 6.42 Å². The van der Waals surface area contributed by atoms with Gasteiger partial charge in [0.15, 0.2) is 0 Å². The molecule has 1 aliphatic rings. The monoisotopic (exact) mass is 316 g/mol. The zero-order valence-corrected chi connectivity index (χ0v) is 11.7. The summed E-state index contributed by atoms with van der Waals surface area (Å²) in [5.74, 6) is -3.81. The number of Topliss-reactive ketones (excluding diaryl/α,β-unsaturated/α-hetero) is 1. The molecule has 0 saturated heterocycles. The number of carbonyl (C=O) groups excluding carboxylic acids is 3. The Kier molecular flexibility index (Phi) is 5.25. The first-order valence-electron chi connectivity index (χ1n) is 5.10. The van der Waals surface area contributed by atoms with Gasteiger partial charge in [-0.15, -0.1) is 0 Å². The number of ether oxygens (including phenoxy) is 2. The summed E-state index contributed by atoms with van der Waals surface area (Å²) < 4.78 is 7.50. The Morgan fingerprint density at radius 3 is 2.44 bits per heavy atom. The summed E-state index contributed by atoms with van der Waals surface area (Å²) in [6.07, 6.45) is 0.395. The lowest BCUT2D eigenvalue weighted by atomic mass is 9.96. The zero-order valence-electron chi connectivity index (χ0n) is 9.45. The molecule has 0 heterocycles. The van der Waals surface area contributed by atoms with E-state index < -0.39 is 34.2 Å². The summed E-state index contributed by atoms with van der Waals surface area (Å²) in [6.45, 7) is -0.478. The number of ketones is 1. The molecule has 18 heavy (non-hydrogen) atoms. The van der Waals surface area contributed by atoms with E-state index in [1.165, 1.54) is 7.11 Å². The molecule has 0 amide bonds. The third-order valence-electron chi connectivity index (χ3n) is 2.59. The SMILES string of the molecule is COC(=O)[C@H]1CCC(=O)[C@@H]1C(=O)OCC(Cl)(Cl)Cl. The lowest BCUT2D eigenvalue weighted by Gasteiger charge is -2.17. The third kappa shape index (κ3) is 4.00. The maximum absolute atomic E-state index is 11.7. The Balaban J connectivity index is 2.69. The fourth-order valence-electron chi connectivity index (χ4n) is 1.79. The van der Waals surface area contributed by atoms with Gasteiger partial charge < -0.3 is 9.47 Å². The minimum absolute atomic E-state index is 0.132. The maximum atomic E-state index is 11.7. The fraction of sp³-hybridized carbons (Fsp3) is 0.700. The van der Waals surface area contributed by atoms with Crippen LogP contribution in [0.3, 0.4) is 0 Å². The second-order valence-electron chi connectivity index (χ2n) is 3.84. The molecule has 5 nitrogen and oxygen atoms in total. The quantitative estimate of drug-likeness (QED) is 0.450. The van der Waals surface area contributed by atoms with Gasteiger partial charge in [0.25, 0.3) is 0 Å². The second kappa shape index (κ2) is 6.08. The highest BCUT2D eigenvalue weighted by atomic mass is 35.6. The van der Waals surface area contributed by atoms with Gasteiger partial charge in [-0.1, -0.05) is 34.8 Å². The van der Waals surface area contributed by atoms with Crippen LogP contribution in [0.25, 0.3) is 0 Å². The van der Waals surface area contributed by atoms with E-state index >= 15 is 0 Å². The normalized spacial score (nSPS) is 23.9. The minimum atomic E-state index is -1.75. The van der Waals surface area contributed by atoms with Crippen molar-refractivity contribution < 1.29 is 23.9 Å². The van der Waals surface area contributed by atoms with E-state index in [2.05, 4.69) is 4.74 Å². The van der Waals surface area contributed by atoms with Crippen LogP contribution in [0.5, 0.6) is 0 Å². The van der Waals surface area contributed by atoms with Gasteiger partial charge >= 0.3 is 11.9 Å². The average molecular weight is 318 g/mol. The molecule has 0 radical (unpaired) electrons. The molecule has 0 aliphatic heterocycles. The Morgan fingerprint density at radius 2 is 1.94 bits per heavy atom. The fourth-order valence-corrected chi connectivity index (χ4v) is 1.95. The number of hydrogen-bond acceptors (Lipinski definition) is 5. The van der Waals surface area contributed by atoms with Crippen LogP contribution >= 0.6 is 34.8 Å². The summed E-state index contributed by atoms with van der Waals surface area (Å²) >= 11 is 16.3. The molecule has 0 aromatic heterocycles. The number of esters is 2. The number of methoxy groups -OCH3 is 1. The molecule has 1 fully saturated rings. The van der Waals surface area contributed by atoms with Crippen LogP contribution in [-0.2, 0) is 23.9 Å². The van der Waals surface area contributed by atoms with Crippen molar-refractivity contribution >= 4 is 52.5 Å². The average Bonchev–Trinajstić information content (AvgIpc) is 2.66. The lowest BCUT2D eigenvalue weighted by Crippen LogP contribution is -2.33. The Morgan fingerprint density at radius 1 is 1.33 bits per heavy atom. The van der Waals surface area contributed by atoms with E-state index in [-0.39, 0.29) is 18.6 Å². The lowest BCUT2D eigenvalue weighted by molar-refractivity contribution is -0.159. The largest absolute Gasteiger partial charge is 0.469 e. The molecule has 8 heteroatoms. The molecule has 1 saturated carbocycles. The van der Waals surface area contributed by atoms with Crippen molar-refractivity contribution in [2.75, 3.05) is 13.7 Å². The van der Waals surface area contributed by atoms with E-state index in [0.717, 1.165) is 0 Å². The third-order valence-corrected chi connectivity index (χ3v) is 2.91. The van der Waals surface area contributed by atoms with Gasteiger partial charge in [-0.25, -0.2) is 0 Å². The van der Waals surface area contributed by atoms with Gasteiger partial charge in [-0.3, -0.25) is 14.4 Å². The first-order valence-corrected chi connectivity index (χ1v) is 6.23. The van der Waals surface area contributed by atoms with Crippen molar-refractivity contribution in [1.82, 2.24) is 0 Å².